The standard InChI is InChI=1S/C14H15BrCl2N2O/c1-8-4-11(15)5-10(6-16)14(8)20-7-12-13(17)9(2)18-19(12)3/h4-5H,6-7H2,1-3H3. The van der Waals surface area contributed by atoms with Crippen LogP contribution in [0, 0.1) is 13.8 Å². The smallest absolute Gasteiger partial charge is 0.131 e. The zero-order valence-corrected chi connectivity index (χ0v) is 14.6. The molecule has 2 rings (SSSR count). The summed E-state index contributed by atoms with van der Waals surface area (Å²) in [5, 5.41) is 4.92. The molecule has 0 fully saturated rings. The van der Waals surface area contributed by atoms with Gasteiger partial charge in [-0.15, -0.1) is 11.6 Å². The van der Waals surface area contributed by atoms with Gasteiger partial charge < -0.3 is 4.74 Å². The van der Waals surface area contributed by atoms with Gasteiger partial charge in [-0.05, 0) is 31.5 Å². The van der Waals surface area contributed by atoms with Gasteiger partial charge >= 0.3 is 0 Å². The second-order valence-electron chi connectivity index (χ2n) is 4.60. The normalized spacial score (nSPS) is 10.9. The van der Waals surface area contributed by atoms with Crippen LogP contribution in [0.1, 0.15) is 22.5 Å². The van der Waals surface area contributed by atoms with Crippen LogP contribution in [0.3, 0.4) is 0 Å². The molecule has 0 saturated heterocycles. The highest BCUT2D eigenvalue weighted by Gasteiger charge is 2.14. The Morgan fingerprint density at radius 1 is 1.35 bits per heavy atom. The molecule has 0 radical (unpaired) electrons. The number of aromatic nitrogens is 2. The zero-order chi connectivity index (χ0) is 14.9. The van der Waals surface area contributed by atoms with E-state index in [1.807, 2.05) is 33.0 Å². The van der Waals surface area contributed by atoms with Crippen LogP contribution in [-0.4, -0.2) is 9.78 Å². The maximum absolute atomic E-state index is 6.22. The first-order valence-electron chi connectivity index (χ1n) is 6.09. The van der Waals surface area contributed by atoms with E-state index in [1.165, 1.54) is 0 Å². The van der Waals surface area contributed by atoms with Gasteiger partial charge in [0.15, 0.2) is 0 Å². The monoisotopic (exact) mass is 376 g/mol. The highest BCUT2D eigenvalue weighted by atomic mass is 79.9. The van der Waals surface area contributed by atoms with Crippen LogP contribution in [-0.2, 0) is 19.5 Å². The van der Waals surface area contributed by atoms with E-state index >= 15 is 0 Å². The van der Waals surface area contributed by atoms with Crippen molar-refractivity contribution in [3.05, 3.63) is 44.1 Å². The third-order valence-corrected chi connectivity index (χ3v) is 4.31. The molecule has 108 valence electrons. The lowest BCUT2D eigenvalue weighted by atomic mass is 10.1. The van der Waals surface area contributed by atoms with Crippen molar-refractivity contribution in [2.75, 3.05) is 0 Å². The summed E-state index contributed by atoms with van der Waals surface area (Å²) in [7, 11) is 1.86. The van der Waals surface area contributed by atoms with Gasteiger partial charge in [0.1, 0.15) is 12.4 Å². The molecule has 2 aromatic rings. The van der Waals surface area contributed by atoms with Crippen molar-refractivity contribution in [2.45, 2.75) is 26.3 Å². The lowest BCUT2D eigenvalue weighted by molar-refractivity contribution is 0.290. The summed E-state index contributed by atoms with van der Waals surface area (Å²) in [6.07, 6.45) is 0. The van der Waals surface area contributed by atoms with E-state index in [0.717, 1.165) is 32.7 Å². The average Bonchev–Trinajstić information content (AvgIpc) is 2.62. The summed E-state index contributed by atoms with van der Waals surface area (Å²) >= 11 is 15.7. The third kappa shape index (κ3) is 3.13. The summed E-state index contributed by atoms with van der Waals surface area (Å²) in [6.45, 7) is 4.23. The van der Waals surface area contributed by atoms with Gasteiger partial charge in [0.05, 0.1) is 22.3 Å². The number of hydrogen-bond donors (Lipinski definition) is 0. The third-order valence-electron chi connectivity index (χ3n) is 3.08. The number of alkyl halides is 1. The van der Waals surface area contributed by atoms with Crippen LogP contribution in [0.5, 0.6) is 5.75 Å². The van der Waals surface area contributed by atoms with E-state index in [4.69, 9.17) is 27.9 Å². The minimum atomic E-state index is 0.364. The number of hydrogen-bond acceptors (Lipinski definition) is 2. The molecule has 0 aliphatic heterocycles. The van der Waals surface area contributed by atoms with Crippen LogP contribution in [0.2, 0.25) is 5.02 Å². The molecule has 1 aromatic carbocycles. The zero-order valence-electron chi connectivity index (χ0n) is 11.5. The Morgan fingerprint density at radius 2 is 2.05 bits per heavy atom. The topological polar surface area (TPSA) is 27.1 Å². The molecule has 0 saturated carbocycles. The van der Waals surface area contributed by atoms with Gasteiger partial charge in [0.25, 0.3) is 0 Å². The maximum atomic E-state index is 6.22. The van der Waals surface area contributed by atoms with E-state index in [1.54, 1.807) is 4.68 Å². The van der Waals surface area contributed by atoms with Crippen molar-refractivity contribution in [1.29, 1.82) is 0 Å². The molecule has 0 atom stereocenters. The summed E-state index contributed by atoms with van der Waals surface area (Å²) in [6, 6.07) is 3.97. The SMILES string of the molecule is Cc1cc(Br)cc(CCl)c1OCc1c(Cl)c(C)nn1C. The van der Waals surface area contributed by atoms with Gasteiger partial charge in [0, 0.05) is 17.1 Å². The van der Waals surface area contributed by atoms with Crippen LogP contribution in [0.25, 0.3) is 0 Å². The van der Waals surface area contributed by atoms with E-state index in [0.29, 0.717) is 17.5 Å². The van der Waals surface area contributed by atoms with E-state index in [2.05, 4.69) is 21.0 Å². The molecule has 0 spiro atoms. The predicted octanol–water partition coefficient (Wildman–Crippen LogP) is 4.77. The summed E-state index contributed by atoms with van der Waals surface area (Å²) in [4.78, 5) is 0. The van der Waals surface area contributed by atoms with Crippen molar-refractivity contribution >= 4 is 39.1 Å². The molecule has 0 unspecified atom stereocenters. The highest BCUT2D eigenvalue weighted by Crippen LogP contribution is 2.30. The summed E-state index contributed by atoms with van der Waals surface area (Å²) < 4.78 is 8.66. The van der Waals surface area contributed by atoms with Crippen LogP contribution >= 0.6 is 39.1 Å². The van der Waals surface area contributed by atoms with Crippen molar-refractivity contribution in [1.82, 2.24) is 9.78 Å². The molecular weight excluding hydrogens is 363 g/mol. The fourth-order valence-corrected chi connectivity index (χ4v) is 3.12. The maximum Gasteiger partial charge on any atom is 0.131 e. The largest absolute Gasteiger partial charge is 0.487 e. The lowest BCUT2D eigenvalue weighted by Crippen LogP contribution is -2.05. The minimum Gasteiger partial charge on any atom is -0.487 e. The Hall–Kier alpha value is -0.710. The fraction of sp³-hybridized carbons (Fsp3) is 0.357. The molecular formula is C14H15BrCl2N2O. The van der Waals surface area contributed by atoms with Gasteiger partial charge in [-0.1, -0.05) is 27.5 Å². The van der Waals surface area contributed by atoms with Gasteiger partial charge in [0.2, 0.25) is 0 Å². The van der Waals surface area contributed by atoms with E-state index in [-0.39, 0.29) is 0 Å². The molecule has 0 bridgehead atoms. The van der Waals surface area contributed by atoms with Crippen LogP contribution in [0.15, 0.2) is 16.6 Å². The van der Waals surface area contributed by atoms with Gasteiger partial charge in [-0.3, -0.25) is 4.68 Å². The molecule has 0 aliphatic carbocycles. The molecule has 3 nitrogen and oxygen atoms in total. The van der Waals surface area contributed by atoms with E-state index in [9.17, 15) is 0 Å². The fourth-order valence-electron chi connectivity index (χ4n) is 2.08. The Morgan fingerprint density at radius 3 is 2.60 bits per heavy atom. The number of nitrogens with zero attached hydrogens (tertiary/aromatic N) is 2. The molecule has 20 heavy (non-hydrogen) atoms. The average molecular weight is 378 g/mol. The van der Waals surface area contributed by atoms with Crippen molar-refractivity contribution in [3.63, 3.8) is 0 Å². The number of rotatable bonds is 4. The quantitative estimate of drug-likeness (QED) is 0.717. The Labute approximate surface area is 137 Å². The second-order valence-corrected chi connectivity index (χ2v) is 6.16. The molecule has 0 N–H and O–H groups in total. The number of aryl methyl sites for hydroxylation is 3. The summed E-state index contributed by atoms with van der Waals surface area (Å²) in [5.74, 6) is 1.20. The van der Waals surface area contributed by atoms with Crippen molar-refractivity contribution in [2.24, 2.45) is 7.05 Å². The number of halogens is 3. The van der Waals surface area contributed by atoms with Crippen LogP contribution < -0.4 is 4.74 Å². The van der Waals surface area contributed by atoms with Gasteiger partial charge in [-0.2, -0.15) is 5.10 Å². The number of ether oxygens (including phenoxy) is 1. The highest BCUT2D eigenvalue weighted by molar-refractivity contribution is 9.10. The number of benzene rings is 1. The Kier molecular flexibility index (Phi) is 4.99. The molecule has 0 aliphatic rings. The van der Waals surface area contributed by atoms with Crippen molar-refractivity contribution in [3.8, 4) is 5.75 Å². The first kappa shape index (κ1) is 15.7. The summed E-state index contributed by atoms with van der Waals surface area (Å²) in [5.41, 5.74) is 3.64. The Balaban J connectivity index is 2.27. The van der Waals surface area contributed by atoms with Gasteiger partial charge in [-0.25, -0.2) is 0 Å². The molecule has 0 amide bonds. The van der Waals surface area contributed by atoms with E-state index < -0.39 is 0 Å². The van der Waals surface area contributed by atoms with Crippen molar-refractivity contribution < 1.29 is 4.74 Å². The first-order chi connectivity index (χ1) is 9.43. The molecule has 6 heteroatoms. The first-order valence-corrected chi connectivity index (χ1v) is 7.80. The molecule has 1 heterocycles. The minimum absolute atomic E-state index is 0.364. The second kappa shape index (κ2) is 6.37. The lowest BCUT2D eigenvalue weighted by Gasteiger charge is -2.14. The Bertz CT molecular complexity index is 641. The molecule has 1 aromatic heterocycles. The van der Waals surface area contributed by atoms with Crippen LogP contribution in [0.4, 0.5) is 0 Å². The predicted molar refractivity (Wildman–Crippen MR) is 85.7 cm³/mol.